The van der Waals surface area contributed by atoms with Gasteiger partial charge in [0.25, 0.3) is 5.56 Å². The molecule has 3 aromatic rings. The molecule has 0 aliphatic carbocycles. The summed E-state index contributed by atoms with van der Waals surface area (Å²) in [5, 5.41) is 0.885. The summed E-state index contributed by atoms with van der Waals surface area (Å²) >= 11 is 6.98. The first-order valence-electron chi connectivity index (χ1n) is 11.2. The maximum atomic E-state index is 13.8. The van der Waals surface area contributed by atoms with E-state index in [0.29, 0.717) is 21.5 Å². The summed E-state index contributed by atoms with van der Waals surface area (Å²) < 4.78 is 4.53. The van der Waals surface area contributed by atoms with Crippen molar-refractivity contribution in [2.75, 3.05) is 0 Å². The second-order valence-electron chi connectivity index (χ2n) is 9.66. The molecule has 0 atom stereocenters. The van der Waals surface area contributed by atoms with Crippen LogP contribution < -0.4 is 11.2 Å². The summed E-state index contributed by atoms with van der Waals surface area (Å²) in [6.45, 7) is 8.35. The van der Waals surface area contributed by atoms with E-state index in [9.17, 15) is 9.59 Å². The first-order chi connectivity index (χ1) is 16.6. The molecule has 0 unspecified atom stereocenters. The summed E-state index contributed by atoms with van der Waals surface area (Å²) in [5.74, 6) is 0.337. The Morgan fingerprint density at radius 3 is 2.20 bits per heavy atom. The molecular formula is C28H23Br2N3O2. The van der Waals surface area contributed by atoms with Crippen molar-refractivity contribution in [3.05, 3.63) is 108 Å². The van der Waals surface area contributed by atoms with E-state index in [-0.39, 0.29) is 5.41 Å². The third-order valence-corrected chi connectivity index (χ3v) is 7.25. The van der Waals surface area contributed by atoms with Crippen LogP contribution in [-0.4, -0.2) is 14.1 Å². The number of fused-ring (bicyclic) bond motifs is 2. The average Bonchev–Trinajstić information content (AvgIpc) is 2.79. The van der Waals surface area contributed by atoms with Crippen molar-refractivity contribution in [1.29, 1.82) is 0 Å². The van der Waals surface area contributed by atoms with Gasteiger partial charge in [-0.25, -0.2) is 9.36 Å². The third-order valence-electron chi connectivity index (χ3n) is 6.19. The van der Waals surface area contributed by atoms with Crippen LogP contribution in [0.5, 0.6) is 0 Å². The smallest absolute Gasteiger partial charge is 0.294 e. The zero-order valence-corrected chi connectivity index (χ0v) is 22.9. The van der Waals surface area contributed by atoms with Crippen LogP contribution in [0.2, 0.25) is 0 Å². The van der Waals surface area contributed by atoms with Crippen LogP contribution in [0.15, 0.2) is 85.3 Å². The Labute approximate surface area is 219 Å². The lowest BCUT2D eigenvalue weighted by molar-refractivity contribution is 0.590. The molecule has 0 saturated heterocycles. The summed E-state index contributed by atoms with van der Waals surface area (Å²) in [5.41, 5.74) is 3.53. The molecule has 0 N–H and O–H groups in total. The fourth-order valence-corrected chi connectivity index (χ4v) is 6.05. The van der Waals surface area contributed by atoms with Gasteiger partial charge in [0, 0.05) is 14.6 Å². The highest BCUT2D eigenvalue weighted by Crippen LogP contribution is 2.31. The van der Waals surface area contributed by atoms with Crippen LogP contribution in [-0.2, 0) is 5.41 Å². The van der Waals surface area contributed by atoms with Gasteiger partial charge in [-0.15, -0.1) is 0 Å². The van der Waals surface area contributed by atoms with Gasteiger partial charge in [-0.05, 0) is 81.2 Å². The molecular weight excluding hydrogens is 570 g/mol. The molecule has 0 spiro atoms. The van der Waals surface area contributed by atoms with Gasteiger partial charge >= 0.3 is 5.69 Å². The number of halogens is 2. The second kappa shape index (κ2) is 8.57. The lowest BCUT2D eigenvalue weighted by Crippen LogP contribution is -2.37. The molecule has 2 aliphatic rings. The van der Waals surface area contributed by atoms with Gasteiger partial charge in [-0.3, -0.25) is 9.36 Å². The Bertz CT molecular complexity index is 1670. The van der Waals surface area contributed by atoms with E-state index in [1.165, 1.54) is 5.56 Å². The zero-order chi connectivity index (χ0) is 25.1. The standard InChI is InChI=1S/C28H23Br2N3O2/c1-16-13-19(29)15-22(30)24(16)33-26(34)21-14-17-7-5-6-8-23(17)32(25(21)31-27(33)35)20-11-9-18(10-12-20)28(2,3)4/h5-15H,1-4H3. The molecule has 7 heteroatoms. The highest BCUT2D eigenvalue weighted by Gasteiger charge is 2.23. The molecule has 5 nitrogen and oxygen atoms in total. The van der Waals surface area contributed by atoms with Crippen LogP contribution in [0.4, 0.5) is 0 Å². The van der Waals surface area contributed by atoms with Crippen molar-refractivity contribution >= 4 is 42.8 Å². The predicted molar refractivity (Wildman–Crippen MR) is 148 cm³/mol. The van der Waals surface area contributed by atoms with Gasteiger partial charge in [0.15, 0.2) is 5.82 Å². The molecule has 0 fully saturated rings. The number of pyridine rings is 1. The van der Waals surface area contributed by atoms with E-state index in [1.54, 1.807) is 0 Å². The molecule has 0 amide bonds. The van der Waals surface area contributed by atoms with E-state index in [0.717, 1.165) is 31.2 Å². The Morgan fingerprint density at radius 2 is 1.54 bits per heavy atom. The number of nitrogens with zero attached hydrogens (tertiary/aromatic N) is 3. The van der Waals surface area contributed by atoms with Gasteiger partial charge in [0.2, 0.25) is 0 Å². The maximum Gasteiger partial charge on any atom is 0.357 e. The van der Waals surface area contributed by atoms with Gasteiger partial charge in [0.1, 0.15) is 0 Å². The van der Waals surface area contributed by atoms with Crippen LogP contribution in [0.3, 0.4) is 0 Å². The SMILES string of the molecule is Cc1cc(Br)cc(Br)c1-n1c(=O)nc2n(-c3ccc(C(C)(C)C)cc3)c3ccccc3cc-2c1=O. The summed E-state index contributed by atoms with van der Waals surface area (Å²) in [7, 11) is 0. The minimum atomic E-state index is -0.621. The number of rotatable bonds is 2. The Hall–Kier alpha value is -3.03. The summed E-state index contributed by atoms with van der Waals surface area (Å²) in [6, 6.07) is 21.5. The Morgan fingerprint density at radius 1 is 0.857 bits per heavy atom. The highest BCUT2D eigenvalue weighted by atomic mass is 79.9. The summed E-state index contributed by atoms with van der Waals surface area (Å²) in [4.78, 5) is 31.6. The van der Waals surface area contributed by atoms with Crippen LogP contribution >= 0.6 is 31.9 Å². The predicted octanol–water partition coefficient (Wildman–Crippen LogP) is 6.77. The monoisotopic (exact) mass is 591 g/mol. The second-order valence-corrected chi connectivity index (χ2v) is 11.4. The van der Waals surface area contributed by atoms with Crippen molar-refractivity contribution in [1.82, 2.24) is 14.1 Å². The molecule has 0 saturated carbocycles. The van der Waals surface area contributed by atoms with Crippen LogP contribution in [0.1, 0.15) is 31.9 Å². The van der Waals surface area contributed by atoms with Crippen LogP contribution in [0, 0.1) is 6.92 Å². The molecule has 2 heterocycles. The molecule has 0 bridgehead atoms. The van der Waals surface area contributed by atoms with Crippen molar-refractivity contribution in [2.45, 2.75) is 33.1 Å². The number of aryl methyl sites for hydroxylation is 1. The average molecular weight is 593 g/mol. The number of hydrogen-bond donors (Lipinski definition) is 0. The fraction of sp³-hybridized carbons (Fsp3) is 0.179. The van der Waals surface area contributed by atoms with Crippen molar-refractivity contribution < 1.29 is 0 Å². The van der Waals surface area contributed by atoms with Crippen molar-refractivity contribution in [2.24, 2.45) is 0 Å². The lowest BCUT2D eigenvalue weighted by Gasteiger charge is -2.22. The molecule has 35 heavy (non-hydrogen) atoms. The van der Waals surface area contributed by atoms with Crippen LogP contribution in [0.25, 0.3) is 33.7 Å². The minimum Gasteiger partial charge on any atom is -0.294 e. The molecule has 3 aromatic carbocycles. The van der Waals surface area contributed by atoms with Gasteiger partial charge in [-0.2, -0.15) is 4.98 Å². The maximum absolute atomic E-state index is 13.8. The number of benzene rings is 3. The first kappa shape index (κ1) is 23.7. The zero-order valence-electron chi connectivity index (χ0n) is 19.8. The Kier molecular flexibility index (Phi) is 5.80. The molecule has 2 aliphatic heterocycles. The normalized spacial score (nSPS) is 11.9. The Balaban J connectivity index is 1.87. The van der Waals surface area contributed by atoms with Crippen molar-refractivity contribution in [3.63, 3.8) is 0 Å². The van der Waals surface area contributed by atoms with E-state index < -0.39 is 11.2 Å². The molecule has 5 rings (SSSR count). The molecule has 176 valence electrons. The third kappa shape index (κ3) is 4.06. The lowest BCUT2D eigenvalue weighted by atomic mass is 9.87. The van der Waals surface area contributed by atoms with Gasteiger partial charge < -0.3 is 0 Å². The highest BCUT2D eigenvalue weighted by molar-refractivity contribution is 9.11. The van der Waals surface area contributed by atoms with E-state index in [1.807, 2.05) is 66.1 Å². The van der Waals surface area contributed by atoms with Crippen molar-refractivity contribution in [3.8, 4) is 22.8 Å². The van der Waals surface area contributed by atoms with Gasteiger partial charge in [-0.1, -0.05) is 67.0 Å². The van der Waals surface area contributed by atoms with Gasteiger partial charge in [0.05, 0.1) is 16.8 Å². The topological polar surface area (TPSA) is 56.9 Å². The van der Waals surface area contributed by atoms with E-state index in [4.69, 9.17) is 0 Å². The molecule has 0 radical (unpaired) electrons. The summed E-state index contributed by atoms with van der Waals surface area (Å²) in [6.07, 6.45) is 0. The van der Waals surface area contributed by atoms with E-state index in [2.05, 4.69) is 69.7 Å². The number of hydrogen-bond acceptors (Lipinski definition) is 3. The number of para-hydroxylation sites is 1. The number of aromatic nitrogens is 3. The molecule has 0 aromatic heterocycles. The largest absolute Gasteiger partial charge is 0.357 e. The van der Waals surface area contributed by atoms with E-state index >= 15 is 0 Å². The quantitative estimate of drug-likeness (QED) is 0.212. The fourth-order valence-electron chi connectivity index (χ4n) is 4.43. The first-order valence-corrected chi connectivity index (χ1v) is 12.8. The minimum absolute atomic E-state index is 0.00805.